The topological polar surface area (TPSA) is 59.9 Å². The van der Waals surface area contributed by atoms with Gasteiger partial charge in [0.1, 0.15) is 0 Å². The van der Waals surface area contributed by atoms with Gasteiger partial charge in [-0.05, 0) is 50.3 Å². The molecule has 0 atom stereocenters. The van der Waals surface area contributed by atoms with Gasteiger partial charge >= 0.3 is 0 Å². The third-order valence-electron chi connectivity index (χ3n) is 5.51. The number of nitrogens with zero attached hydrogens (tertiary/aromatic N) is 2. The van der Waals surface area contributed by atoms with Crippen LogP contribution in [0.2, 0.25) is 0 Å². The number of benzene rings is 1. The van der Waals surface area contributed by atoms with Crippen LogP contribution in [0.1, 0.15) is 52.0 Å². The second-order valence-electron chi connectivity index (χ2n) is 7.57. The van der Waals surface area contributed by atoms with Gasteiger partial charge in [-0.1, -0.05) is 19.9 Å². The van der Waals surface area contributed by atoms with E-state index in [0.717, 1.165) is 44.0 Å². The van der Waals surface area contributed by atoms with Crippen molar-refractivity contribution in [1.82, 2.24) is 15.5 Å². The van der Waals surface area contributed by atoms with Crippen molar-refractivity contribution >= 4 is 5.96 Å². The van der Waals surface area contributed by atoms with E-state index >= 15 is 0 Å². The van der Waals surface area contributed by atoms with Gasteiger partial charge in [-0.3, -0.25) is 9.89 Å². The van der Waals surface area contributed by atoms with Crippen molar-refractivity contribution in [2.75, 3.05) is 26.2 Å². The van der Waals surface area contributed by atoms with Crippen LogP contribution in [-0.4, -0.2) is 53.8 Å². The maximum atomic E-state index is 13.4. The van der Waals surface area contributed by atoms with Gasteiger partial charge in [-0.25, -0.2) is 8.78 Å². The molecular weight excluding hydrogens is 362 g/mol. The van der Waals surface area contributed by atoms with Crippen molar-refractivity contribution in [3.05, 3.63) is 35.4 Å². The summed E-state index contributed by atoms with van der Waals surface area (Å²) in [6.45, 7) is 9.49. The van der Waals surface area contributed by atoms with Crippen LogP contribution in [0, 0.1) is 11.6 Å². The van der Waals surface area contributed by atoms with Crippen molar-refractivity contribution < 1.29 is 13.9 Å². The van der Waals surface area contributed by atoms with Gasteiger partial charge in [0, 0.05) is 32.2 Å². The fourth-order valence-electron chi connectivity index (χ4n) is 3.34. The lowest BCUT2D eigenvalue weighted by Gasteiger charge is -2.33. The Morgan fingerprint density at radius 2 is 1.86 bits per heavy atom. The standard InChI is InChI=1S/C21H34F2N4O/c1-4-21(28,5-2)15-25-20(24-6-3)26-17-9-11-27(12-10-17)14-16-7-8-18(22)19(23)13-16/h7-8,13,17,28H,4-6,9-12,14-15H2,1-3H3,(H2,24,25,26). The number of guanidine groups is 1. The highest BCUT2D eigenvalue weighted by atomic mass is 19.2. The van der Waals surface area contributed by atoms with Gasteiger partial charge < -0.3 is 15.7 Å². The molecule has 0 radical (unpaired) electrons. The molecule has 0 saturated carbocycles. The molecule has 1 heterocycles. The zero-order chi connectivity index (χ0) is 20.6. The molecule has 0 aliphatic carbocycles. The van der Waals surface area contributed by atoms with Crippen molar-refractivity contribution in [2.45, 2.75) is 64.6 Å². The maximum Gasteiger partial charge on any atom is 0.191 e. The minimum Gasteiger partial charge on any atom is -0.388 e. The van der Waals surface area contributed by atoms with Gasteiger partial charge in [-0.2, -0.15) is 0 Å². The summed E-state index contributed by atoms with van der Waals surface area (Å²) in [5.74, 6) is -0.860. The van der Waals surface area contributed by atoms with Crippen LogP contribution in [0.5, 0.6) is 0 Å². The first-order valence-corrected chi connectivity index (χ1v) is 10.3. The first-order valence-electron chi connectivity index (χ1n) is 10.3. The summed E-state index contributed by atoms with van der Waals surface area (Å²) in [7, 11) is 0. The fraction of sp³-hybridized carbons (Fsp3) is 0.667. The zero-order valence-corrected chi connectivity index (χ0v) is 17.3. The first kappa shape index (κ1) is 22.6. The summed E-state index contributed by atoms with van der Waals surface area (Å²) in [4.78, 5) is 6.83. The van der Waals surface area contributed by atoms with E-state index in [1.165, 1.54) is 12.1 Å². The SMILES string of the molecule is CCNC(=NCC(O)(CC)CC)NC1CCN(Cc2ccc(F)c(F)c2)CC1. The highest BCUT2D eigenvalue weighted by molar-refractivity contribution is 5.80. The molecular formula is C21H34F2N4O. The largest absolute Gasteiger partial charge is 0.388 e. The summed E-state index contributed by atoms with van der Waals surface area (Å²) in [6, 6.07) is 4.40. The summed E-state index contributed by atoms with van der Waals surface area (Å²) in [5.41, 5.74) is 0.0366. The molecule has 2 rings (SSSR count). The van der Waals surface area contributed by atoms with Crippen molar-refractivity contribution in [3.63, 3.8) is 0 Å². The Hall–Kier alpha value is -1.73. The summed E-state index contributed by atoms with van der Waals surface area (Å²) in [5, 5.41) is 17.2. The van der Waals surface area contributed by atoms with E-state index in [0.29, 0.717) is 32.0 Å². The molecule has 7 heteroatoms. The average Bonchev–Trinajstić information content (AvgIpc) is 2.70. The van der Waals surface area contributed by atoms with E-state index in [9.17, 15) is 13.9 Å². The number of likely N-dealkylation sites (tertiary alicyclic amines) is 1. The minimum absolute atomic E-state index is 0.301. The van der Waals surface area contributed by atoms with E-state index < -0.39 is 17.2 Å². The Balaban J connectivity index is 1.85. The van der Waals surface area contributed by atoms with Gasteiger partial charge in [0.25, 0.3) is 0 Å². The predicted molar refractivity (Wildman–Crippen MR) is 109 cm³/mol. The third kappa shape index (κ3) is 6.71. The van der Waals surface area contributed by atoms with Gasteiger partial charge in [0.15, 0.2) is 17.6 Å². The van der Waals surface area contributed by atoms with E-state index in [1.54, 1.807) is 6.07 Å². The van der Waals surface area contributed by atoms with E-state index in [4.69, 9.17) is 0 Å². The lowest BCUT2D eigenvalue weighted by molar-refractivity contribution is 0.0417. The fourth-order valence-corrected chi connectivity index (χ4v) is 3.34. The smallest absolute Gasteiger partial charge is 0.191 e. The molecule has 0 spiro atoms. The van der Waals surface area contributed by atoms with Gasteiger partial charge in [-0.15, -0.1) is 0 Å². The Kier molecular flexibility index (Phi) is 8.63. The molecule has 1 aliphatic rings. The van der Waals surface area contributed by atoms with Gasteiger partial charge in [0.05, 0.1) is 12.1 Å². The molecule has 28 heavy (non-hydrogen) atoms. The Morgan fingerprint density at radius 1 is 1.18 bits per heavy atom. The summed E-state index contributed by atoms with van der Waals surface area (Å²) >= 11 is 0. The highest BCUT2D eigenvalue weighted by Crippen LogP contribution is 2.17. The second kappa shape index (κ2) is 10.7. The molecule has 158 valence electrons. The molecule has 1 aromatic carbocycles. The van der Waals surface area contributed by atoms with Crippen LogP contribution in [0.15, 0.2) is 23.2 Å². The molecule has 1 aliphatic heterocycles. The lowest BCUT2D eigenvalue weighted by atomic mass is 9.98. The van der Waals surface area contributed by atoms with Crippen LogP contribution in [0.3, 0.4) is 0 Å². The van der Waals surface area contributed by atoms with Crippen LogP contribution in [-0.2, 0) is 6.54 Å². The molecule has 1 aromatic rings. The molecule has 3 N–H and O–H groups in total. The molecule has 0 unspecified atom stereocenters. The number of rotatable bonds is 8. The molecule has 0 amide bonds. The molecule has 0 aromatic heterocycles. The zero-order valence-electron chi connectivity index (χ0n) is 17.3. The minimum atomic E-state index is -0.806. The normalized spacial score (nSPS) is 17.0. The molecule has 1 fully saturated rings. The number of nitrogens with one attached hydrogen (secondary N) is 2. The van der Waals surface area contributed by atoms with E-state index in [-0.39, 0.29) is 0 Å². The van der Waals surface area contributed by atoms with Crippen molar-refractivity contribution in [2.24, 2.45) is 4.99 Å². The molecule has 1 saturated heterocycles. The lowest BCUT2D eigenvalue weighted by Crippen LogP contribution is -2.49. The predicted octanol–water partition coefficient (Wildman–Crippen LogP) is 3.04. The van der Waals surface area contributed by atoms with Crippen LogP contribution < -0.4 is 10.6 Å². The number of piperidine rings is 1. The maximum absolute atomic E-state index is 13.4. The van der Waals surface area contributed by atoms with Crippen molar-refractivity contribution in [1.29, 1.82) is 0 Å². The highest BCUT2D eigenvalue weighted by Gasteiger charge is 2.23. The Bertz CT molecular complexity index is 641. The third-order valence-corrected chi connectivity index (χ3v) is 5.51. The second-order valence-corrected chi connectivity index (χ2v) is 7.57. The van der Waals surface area contributed by atoms with Crippen molar-refractivity contribution in [3.8, 4) is 0 Å². The average molecular weight is 397 g/mol. The summed E-state index contributed by atoms with van der Waals surface area (Å²) in [6.07, 6.45) is 3.24. The monoisotopic (exact) mass is 396 g/mol. The van der Waals surface area contributed by atoms with Crippen LogP contribution in [0.4, 0.5) is 8.78 Å². The van der Waals surface area contributed by atoms with Crippen LogP contribution >= 0.6 is 0 Å². The van der Waals surface area contributed by atoms with Gasteiger partial charge in [0.2, 0.25) is 0 Å². The number of hydrogen-bond donors (Lipinski definition) is 3. The number of aliphatic imine (C=N–C) groups is 1. The number of halogens is 2. The van der Waals surface area contributed by atoms with E-state index in [1.807, 2.05) is 20.8 Å². The summed E-state index contributed by atoms with van der Waals surface area (Å²) < 4.78 is 26.4. The Labute approximate surface area is 167 Å². The number of hydrogen-bond acceptors (Lipinski definition) is 3. The first-order chi connectivity index (χ1) is 13.4. The van der Waals surface area contributed by atoms with Crippen LogP contribution in [0.25, 0.3) is 0 Å². The quantitative estimate of drug-likeness (QED) is 0.467. The Morgan fingerprint density at radius 3 is 2.43 bits per heavy atom. The molecule has 5 nitrogen and oxygen atoms in total. The van der Waals surface area contributed by atoms with E-state index in [2.05, 4.69) is 20.5 Å². The molecule has 0 bridgehead atoms. The number of aliphatic hydroxyl groups is 1.